The summed E-state index contributed by atoms with van der Waals surface area (Å²) in [6.07, 6.45) is 3.41. The summed E-state index contributed by atoms with van der Waals surface area (Å²) in [5, 5.41) is 2.97. The zero-order valence-electron chi connectivity index (χ0n) is 7.88. The van der Waals surface area contributed by atoms with Crippen LogP contribution in [-0.2, 0) is 9.59 Å². The lowest BCUT2D eigenvalue weighted by Gasteiger charge is -2.25. The molecule has 0 spiro atoms. The van der Waals surface area contributed by atoms with Gasteiger partial charge in [0.2, 0.25) is 5.91 Å². The minimum atomic E-state index is -0.0197. The Kier molecular flexibility index (Phi) is 2.10. The molecule has 2 aliphatic carbocycles. The first-order chi connectivity index (χ1) is 6.16. The first-order valence-corrected chi connectivity index (χ1v) is 4.99. The lowest BCUT2D eigenvalue weighted by Crippen LogP contribution is -2.43. The van der Waals surface area contributed by atoms with Crippen molar-refractivity contribution in [2.24, 2.45) is 11.8 Å². The zero-order valence-corrected chi connectivity index (χ0v) is 7.88. The predicted molar refractivity (Wildman–Crippen MR) is 48.1 cm³/mol. The molecule has 1 unspecified atom stereocenters. The molecule has 1 atom stereocenters. The predicted octanol–water partition coefficient (Wildman–Crippen LogP) is 0.880. The van der Waals surface area contributed by atoms with Crippen LogP contribution in [-0.4, -0.2) is 17.7 Å². The minimum Gasteiger partial charge on any atom is -0.353 e. The van der Waals surface area contributed by atoms with E-state index in [2.05, 4.69) is 12.2 Å². The van der Waals surface area contributed by atoms with Crippen molar-refractivity contribution in [3.8, 4) is 0 Å². The van der Waals surface area contributed by atoms with Gasteiger partial charge in [-0.25, -0.2) is 0 Å². The molecule has 0 aromatic heterocycles. The Bertz CT molecular complexity index is 237. The molecule has 2 fully saturated rings. The molecule has 1 N–H and O–H groups in total. The van der Waals surface area contributed by atoms with E-state index >= 15 is 0 Å². The van der Waals surface area contributed by atoms with Crippen molar-refractivity contribution in [1.82, 2.24) is 5.32 Å². The van der Waals surface area contributed by atoms with E-state index in [0.717, 1.165) is 0 Å². The Labute approximate surface area is 77.9 Å². The van der Waals surface area contributed by atoms with Gasteiger partial charge in [0.15, 0.2) is 0 Å². The van der Waals surface area contributed by atoms with Crippen molar-refractivity contribution < 1.29 is 9.59 Å². The van der Waals surface area contributed by atoms with Crippen LogP contribution in [0.5, 0.6) is 0 Å². The number of amides is 1. The quantitative estimate of drug-likeness (QED) is 0.702. The first kappa shape index (κ1) is 8.73. The lowest BCUT2D eigenvalue weighted by molar-refractivity contribution is -0.138. The van der Waals surface area contributed by atoms with E-state index in [1.54, 1.807) is 0 Å². The number of carbonyl (C=O) groups excluding carboxylic acids is 2. The Morgan fingerprint density at radius 2 is 2.08 bits per heavy atom. The number of nitrogens with one attached hydrogen (secondary N) is 1. The zero-order chi connectivity index (χ0) is 9.42. The second kappa shape index (κ2) is 3.13. The molecule has 3 heteroatoms. The Balaban J connectivity index is 1.74. The molecule has 2 rings (SSSR count). The molecule has 13 heavy (non-hydrogen) atoms. The van der Waals surface area contributed by atoms with E-state index in [4.69, 9.17) is 0 Å². The number of carbonyl (C=O) groups is 2. The van der Waals surface area contributed by atoms with Gasteiger partial charge in [-0.05, 0) is 25.7 Å². The smallest absolute Gasteiger partial charge is 0.224 e. The van der Waals surface area contributed by atoms with Crippen molar-refractivity contribution in [2.75, 3.05) is 0 Å². The molecule has 1 amide bonds. The largest absolute Gasteiger partial charge is 0.353 e. The van der Waals surface area contributed by atoms with Crippen LogP contribution in [0.25, 0.3) is 0 Å². The summed E-state index contributed by atoms with van der Waals surface area (Å²) in [5.74, 6) is 0.978. The molecule has 0 aliphatic heterocycles. The highest BCUT2D eigenvalue weighted by atomic mass is 16.2. The third-order valence-electron chi connectivity index (χ3n) is 3.02. The fraction of sp³-hybridized carbons (Fsp3) is 0.800. The van der Waals surface area contributed by atoms with Crippen molar-refractivity contribution >= 4 is 11.7 Å². The average molecular weight is 181 g/mol. The highest BCUT2D eigenvalue weighted by Gasteiger charge is 2.35. The topological polar surface area (TPSA) is 46.2 Å². The summed E-state index contributed by atoms with van der Waals surface area (Å²) < 4.78 is 0. The van der Waals surface area contributed by atoms with Crippen molar-refractivity contribution in [3.05, 3.63) is 0 Å². The van der Waals surface area contributed by atoms with Crippen LogP contribution >= 0.6 is 0 Å². The summed E-state index contributed by atoms with van der Waals surface area (Å²) in [4.78, 5) is 22.1. The Hall–Kier alpha value is -0.860. The third kappa shape index (κ3) is 1.90. The fourth-order valence-corrected chi connectivity index (χ4v) is 1.73. The second-order valence-corrected chi connectivity index (χ2v) is 4.28. The van der Waals surface area contributed by atoms with Gasteiger partial charge in [0, 0.05) is 18.9 Å². The SMILES string of the molecule is CC(NC(=O)C1CC(=O)C1)C1CC1. The molecule has 0 aromatic rings. The number of Topliss-reactive ketones (excluding diaryl/α,β-unsaturated/α-hetero) is 1. The van der Waals surface area contributed by atoms with E-state index in [-0.39, 0.29) is 17.6 Å². The van der Waals surface area contributed by atoms with E-state index in [0.29, 0.717) is 24.8 Å². The molecular weight excluding hydrogens is 166 g/mol. The van der Waals surface area contributed by atoms with Gasteiger partial charge >= 0.3 is 0 Å². The van der Waals surface area contributed by atoms with Crippen LogP contribution in [0.2, 0.25) is 0 Å². The number of ketones is 1. The maximum Gasteiger partial charge on any atom is 0.224 e. The van der Waals surface area contributed by atoms with Gasteiger partial charge in [0.1, 0.15) is 5.78 Å². The fourth-order valence-electron chi connectivity index (χ4n) is 1.73. The van der Waals surface area contributed by atoms with Crippen molar-refractivity contribution in [2.45, 2.75) is 38.6 Å². The molecule has 0 bridgehead atoms. The van der Waals surface area contributed by atoms with Gasteiger partial charge < -0.3 is 5.32 Å². The van der Waals surface area contributed by atoms with Crippen LogP contribution in [0.3, 0.4) is 0 Å². The van der Waals surface area contributed by atoms with Crippen molar-refractivity contribution in [1.29, 1.82) is 0 Å². The van der Waals surface area contributed by atoms with Crippen LogP contribution in [0, 0.1) is 11.8 Å². The molecule has 0 saturated heterocycles. The van der Waals surface area contributed by atoms with Crippen molar-refractivity contribution in [3.63, 3.8) is 0 Å². The molecular formula is C10H15NO2. The van der Waals surface area contributed by atoms with Crippen LogP contribution in [0.15, 0.2) is 0 Å². The minimum absolute atomic E-state index is 0.0197. The van der Waals surface area contributed by atoms with Gasteiger partial charge in [-0.15, -0.1) is 0 Å². The van der Waals surface area contributed by atoms with E-state index in [9.17, 15) is 9.59 Å². The van der Waals surface area contributed by atoms with E-state index in [1.165, 1.54) is 12.8 Å². The second-order valence-electron chi connectivity index (χ2n) is 4.28. The Morgan fingerprint density at radius 1 is 1.46 bits per heavy atom. The van der Waals surface area contributed by atoms with E-state index < -0.39 is 0 Å². The number of hydrogen-bond donors (Lipinski definition) is 1. The summed E-state index contributed by atoms with van der Waals surface area (Å²) in [7, 11) is 0. The van der Waals surface area contributed by atoms with Gasteiger partial charge in [0.25, 0.3) is 0 Å². The summed E-state index contributed by atoms with van der Waals surface area (Å²) in [6, 6.07) is 0.309. The normalized spacial score (nSPS) is 25.2. The number of rotatable bonds is 3. The molecule has 3 nitrogen and oxygen atoms in total. The van der Waals surface area contributed by atoms with Gasteiger partial charge in [-0.3, -0.25) is 9.59 Å². The highest BCUT2D eigenvalue weighted by molar-refractivity contribution is 5.96. The summed E-state index contributed by atoms with van der Waals surface area (Å²) in [6.45, 7) is 2.05. The van der Waals surface area contributed by atoms with Crippen LogP contribution in [0.4, 0.5) is 0 Å². The number of hydrogen-bond acceptors (Lipinski definition) is 2. The van der Waals surface area contributed by atoms with Crippen LogP contribution < -0.4 is 5.32 Å². The first-order valence-electron chi connectivity index (χ1n) is 4.99. The van der Waals surface area contributed by atoms with E-state index in [1.807, 2.05) is 0 Å². The van der Waals surface area contributed by atoms with Gasteiger partial charge in [-0.1, -0.05) is 0 Å². The summed E-state index contributed by atoms with van der Waals surface area (Å²) in [5.41, 5.74) is 0. The van der Waals surface area contributed by atoms with Crippen LogP contribution in [0.1, 0.15) is 32.6 Å². The maximum absolute atomic E-state index is 11.5. The summed E-state index contributed by atoms with van der Waals surface area (Å²) >= 11 is 0. The molecule has 72 valence electrons. The van der Waals surface area contributed by atoms with Gasteiger partial charge in [-0.2, -0.15) is 0 Å². The lowest BCUT2D eigenvalue weighted by atomic mass is 9.83. The highest BCUT2D eigenvalue weighted by Crippen LogP contribution is 2.33. The molecule has 2 saturated carbocycles. The Morgan fingerprint density at radius 3 is 2.54 bits per heavy atom. The molecule has 0 radical (unpaired) electrons. The monoisotopic (exact) mass is 181 g/mol. The third-order valence-corrected chi connectivity index (χ3v) is 3.02. The molecule has 0 aromatic carbocycles. The molecule has 2 aliphatic rings. The standard InChI is InChI=1S/C10H15NO2/c1-6(7-2-3-7)11-10(13)8-4-9(12)5-8/h6-8H,2-5H2,1H3,(H,11,13). The molecule has 0 heterocycles. The average Bonchev–Trinajstić information content (AvgIpc) is 2.80. The van der Waals surface area contributed by atoms with Gasteiger partial charge in [0.05, 0.1) is 5.92 Å². The maximum atomic E-state index is 11.5.